The highest BCUT2D eigenvalue weighted by atomic mass is 15.3. The van der Waals surface area contributed by atoms with Crippen molar-refractivity contribution >= 4 is 23.4 Å². The lowest BCUT2D eigenvalue weighted by Gasteiger charge is -2.52. The number of allylic oxidation sites excluding steroid dienone is 2. The van der Waals surface area contributed by atoms with Crippen molar-refractivity contribution < 1.29 is 0 Å². The second-order valence-electron chi connectivity index (χ2n) is 10.0. The molecular weight excluding hydrogens is 420 g/mol. The van der Waals surface area contributed by atoms with E-state index in [1.54, 1.807) is 12.3 Å². The van der Waals surface area contributed by atoms with Gasteiger partial charge >= 0.3 is 0 Å². The number of aromatic nitrogens is 3. The number of piperidine rings is 1. The van der Waals surface area contributed by atoms with E-state index < -0.39 is 0 Å². The Morgan fingerprint density at radius 2 is 1.97 bits per heavy atom. The standard InChI is InChI=1S/C28H34N6/c1-6-12-29-25-16-22(8-7-20(25)4)24-9-13-34-26(24)21(5)30-27(32-34)31-23-17-28(18-23)10-14-33(15-11-28)19(2)3/h6-9,12-13,16,23H,1-2,10-11,14-15,17-18H2,3-5H3,(H,31,32). The van der Waals surface area contributed by atoms with Crippen LogP contribution in [0.15, 0.2) is 60.4 Å². The first-order chi connectivity index (χ1) is 16.4. The Morgan fingerprint density at radius 3 is 2.68 bits per heavy atom. The second kappa shape index (κ2) is 8.75. The maximum absolute atomic E-state index is 4.83. The van der Waals surface area contributed by atoms with Gasteiger partial charge in [-0.05, 0) is 75.1 Å². The third-order valence-corrected chi connectivity index (χ3v) is 7.58. The monoisotopic (exact) mass is 454 g/mol. The molecule has 1 aliphatic carbocycles. The van der Waals surface area contributed by atoms with E-state index in [1.165, 1.54) is 31.4 Å². The molecule has 1 saturated carbocycles. The van der Waals surface area contributed by atoms with Gasteiger partial charge in [0.25, 0.3) is 0 Å². The Morgan fingerprint density at radius 1 is 1.21 bits per heavy atom. The molecule has 1 aliphatic heterocycles. The van der Waals surface area contributed by atoms with Crippen LogP contribution in [0.1, 0.15) is 43.9 Å². The summed E-state index contributed by atoms with van der Waals surface area (Å²) in [7, 11) is 0. The summed E-state index contributed by atoms with van der Waals surface area (Å²) in [5.41, 5.74) is 7.99. The number of benzene rings is 1. The molecule has 1 aromatic carbocycles. The summed E-state index contributed by atoms with van der Waals surface area (Å²) in [6, 6.07) is 8.92. The predicted molar refractivity (Wildman–Crippen MR) is 141 cm³/mol. The molecule has 2 aromatic heterocycles. The molecule has 0 radical (unpaired) electrons. The summed E-state index contributed by atoms with van der Waals surface area (Å²) in [5, 5.41) is 8.40. The Balaban J connectivity index is 1.32. The highest BCUT2D eigenvalue weighted by Gasteiger charge is 2.46. The molecule has 2 fully saturated rings. The van der Waals surface area contributed by atoms with E-state index in [9.17, 15) is 0 Å². The maximum atomic E-state index is 4.83. The molecule has 2 aliphatic rings. The fourth-order valence-corrected chi connectivity index (χ4v) is 5.59. The van der Waals surface area contributed by atoms with Crippen molar-refractivity contribution in [2.24, 2.45) is 10.4 Å². The van der Waals surface area contributed by atoms with Crippen molar-refractivity contribution in [3.63, 3.8) is 0 Å². The molecule has 5 rings (SSSR count). The van der Waals surface area contributed by atoms with Gasteiger partial charge in [0.15, 0.2) is 0 Å². The van der Waals surface area contributed by atoms with Crippen LogP contribution in [0.3, 0.4) is 0 Å². The predicted octanol–water partition coefficient (Wildman–Crippen LogP) is 6.09. The summed E-state index contributed by atoms with van der Waals surface area (Å²) < 4.78 is 1.95. The number of aryl methyl sites for hydroxylation is 2. The molecule has 0 bridgehead atoms. The van der Waals surface area contributed by atoms with E-state index >= 15 is 0 Å². The van der Waals surface area contributed by atoms with Crippen molar-refractivity contribution in [3.05, 3.63) is 66.7 Å². The van der Waals surface area contributed by atoms with Crippen LogP contribution >= 0.6 is 0 Å². The van der Waals surface area contributed by atoms with E-state index in [-0.39, 0.29) is 0 Å². The van der Waals surface area contributed by atoms with Gasteiger partial charge in [-0.3, -0.25) is 4.99 Å². The van der Waals surface area contributed by atoms with Gasteiger partial charge in [-0.2, -0.15) is 0 Å². The zero-order valence-corrected chi connectivity index (χ0v) is 20.5. The number of likely N-dealkylation sites (tertiary alicyclic amines) is 1. The third kappa shape index (κ3) is 4.13. The number of anilines is 1. The molecule has 1 saturated heterocycles. The van der Waals surface area contributed by atoms with Gasteiger partial charge in [0, 0.05) is 42.8 Å². The largest absolute Gasteiger partial charge is 0.375 e. The molecule has 34 heavy (non-hydrogen) atoms. The molecule has 6 nitrogen and oxygen atoms in total. The summed E-state index contributed by atoms with van der Waals surface area (Å²) in [4.78, 5) is 11.8. The Bertz CT molecular complexity index is 1270. The third-order valence-electron chi connectivity index (χ3n) is 7.58. The average molecular weight is 455 g/mol. The minimum atomic E-state index is 0.450. The number of fused-ring (bicyclic) bond motifs is 1. The van der Waals surface area contributed by atoms with Crippen LogP contribution in [-0.2, 0) is 0 Å². The van der Waals surface area contributed by atoms with Gasteiger partial charge < -0.3 is 10.2 Å². The minimum Gasteiger partial charge on any atom is -0.375 e. The SMILES string of the molecule is C=CC=Nc1cc(-c2ccn3nc(NC4CC5(CCN(C(=C)C)CC5)C4)nc(C)c23)ccc1C. The van der Waals surface area contributed by atoms with Crippen LogP contribution < -0.4 is 5.32 Å². The number of hydrogen-bond acceptors (Lipinski definition) is 5. The van der Waals surface area contributed by atoms with Gasteiger partial charge in [-0.1, -0.05) is 31.4 Å². The number of nitrogens with zero attached hydrogens (tertiary/aromatic N) is 5. The zero-order valence-electron chi connectivity index (χ0n) is 20.5. The van der Waals surface area contributed by atoms with Gasteiger partial charge in [0.05, 0.1) is 16.9 Å². The first-order valence-electron chi connectivity index (χ1n) is 12.2. The van der Waals surface area contributed by atoms with Crippen molar-refractivity contribution in [2.45, 2.75) is 52.5 Å². The molecule has 3 aromatic rings. The lowest BCUT2D eigenvalue weighted by atomic mass is 9.60. The van der Waals surface area contributed by atoms with E-state index in [4.69, 9.17) is 10.1 Å². The molecule has 176 valence electrons. The first-order valence-corrected chi connectivity index (χ1v) is 12.2. The summed E-state index contributed by atoms with van der Waals surface area (Å²) in [6.45, 7) is 16.3. The lowest BCUT2D eigenvalue weighted by Crippen LogP contribution is -2.51. The molecule has 0 amide bonds. The smallest absolute Gasteiger partial charge is 0.241 e. The minimum absolute atomic E-state index is 0.450. The Hall–Kier alpha value is -3.41. The highest BCUT2D eigenvalue weighted by Crippen LogP contribution is 2.50. The summed E-state index contributed by atoms with van der Waals surface area (Å²) in [6.07, 6.45) is 10.4. The maximum Gasteiger partial charge on any atom is 0.241 e. The van der Waals surface area contributed by atoms with E-state index in [0.29, 0.717) is 17.4 Å². The zero-order chi connectivity index (χ0) is 23.9. The van der Waals surface area contributed by atoms with Crippen LogP contribution in [-0.4, -0.2) is 44.8 Å². The van der Waals surface area contributed by atoms with Crippen molar-refractivity contribution in [2.75, 3.05) is 18.4 Å². The van der Waals surface area contributed by atoms with Crippen molar-refractivity contribution in [1.82, 2.24) is 19.5 Å². The normalized spacial score (nSPS) is 17.9. The van der Waals surface area contributed by atoms with Gasteiger partial charge in [0.1, 0.15) is 0 Å². The summed E-state index contributed by atoms with van der Waals surface area (Å²) in [5.74, 6) is 0.714. The second-order valence-corrected chi connectivity index (χ2v) is 10.0. The lowest BCUT2D eigenvalue weighted by molar-refractivity contribution is 0.0352. The quantitative estimate of drug-likeness (QED) is 0.458. The Labute approximate surface area is 202 Å². The molecule has 1 spiro atoms. The topological polar surface area (TPSA) is 57.8 Å². The van der Waals surface area contributed by atoms with Crippen LogP contribution in [0, 0.1) is 19.3 Å². The number of aliphatic imine (C=N–C) groups is 1. The first kappa shape index (κ1) is 22.4. The number of rotatable bonds is 6. The fourth-order valence-electron chi connectivity index (χ4n) is 5.59. The number of nitrogens with one attached hydrogen (secondary N) is 1. The van der Waals surface area contributed by atoms with Gasteiger partial charge in [0.2, 0.25) is 5.95 Å². The van der Waals surface area contributed by atoms with Crippen LogP contribution in [0.25, 0.3) is 16.6 Å². The highest BCUT2D eigenvalue weighted by molar-refractivity contribution is 5.85. The fraction of sp³-hybridized carbons (Fsp3) is 0.393. The Kier molecular flexibility index (Phi) is 5.76. The van der Waals surface area contributed by atoms with Crippen LogP contribution in [0.2, 0.25) is 0 Å². The molecule has 0 unspecified atom stereocenters. The van der Waals surface area contributed by atoms with Crippen LogP contribution in [0.5, 0.6) is 0 Å². The molecule has 1 N–H and O–H groups in total. The van der Waals surface area contributed by atoms with E-state index in [1.807, 2.05) is 10.7 Å². The van der Waals surface area contributed by atoms with Gasteiger partial charge in [-0.25, -0.2) is 9.50 Å². The molecule has 6 heteroatoms. The van der Waals surface area contributed by atoms with Gasteiger partial charge in [-0.15, -0.1) is 5.10 Å². The molecular formula is C28H34N6. The van der Waals surface area contributed by atoms with E-state index in [0.717, 1.165) is 46.7 Å². The summed E-state index contributed by atoms with van der Waals surface area (Å²) >= 11 is 0. The molecule has 0 atom stereocenters. The molecule has 3 heterocycles. The van der Waals surface area contributed by atoms with Crippen LogP contribution in [0.4, 0.5) is 11.6 Å². The number of hydrogen-bond donors (Lipinski definition) is 1. The van der Waals surface area contributed by atoms with Crippen molar-refractivity contribution in [1.29, 1.82) is 0 Å². The van der Waals surface area contributed by atoms with E-state index in [2.05, 4.69) is 73.4 Å². The van der Waals surface area contributed by atoms with Crippen molar-refractivity contribution in [3.8, 4) is 11.1 Å². The average Bonchev–Trinajstić information content (AvgIpc) is 3.22.